The standard InChI is InChI=1S/C32H40O13/c1-2-3-4-5-6-7-8-9-17(34)10-16-11-20(36)21(37)14-19(16)30-31(27(40)25-22(38)12-18(35)13-23(25)43-30)45-32-29(42)28(41)26(39)24(15-33)44-32/h11-14,24,26,28-29,32-33,35-39,41-42H,2-10,15H2,1H3/t24-,26-,28+,29-,32-/m0/s1. The Balaban J connectivity index is 1.75. The number of Topliss-reactive ketones (excluding diaryl/α,β-unsaturated/α-hetero) is 1. The molecular weight excluding hydrogens is 592 g/mol. The van der Waals surface area contributed by atoms with E-state index in [0.717, 1.165) is 62.8 Å². The Morgan fingerprint density at radius 2 is 1.51 bits per heavy atom. The van der Waals surface area contributed by atoms with Crippen LogP contribution in [-0.2, 0) is 16.0 Å². The fourth-order valence-electron chi connectivity index (χ4n) is 5.39. The van der Waals surface area contributed by atoms with Crippen LogP contribution in [0.15, 0.2) is 33.5 Å². The lowest BCUT2D eigenvalue weighted by Gasteiger charge is -2.39. The third-order valence-corrected chi connectivity index (χ3v) is 7.89. The third kappa shape index (κ3) is 7.68. The first-order valence-electron chi connectivity index (χ1n) is 15.0. The van der Waals surface area contributed by atoms with Gasteiger partial charge in [-0.15, -0.1) is 0 Å². The van der Waals surface area contributed by atoms with Gasteiger partial charge >= 0.3 is 0 Å². The Hall–Kier alpha value is -3.88. The second-order valence-electron chi connectivity index (χ2n) is 11.3. The molecular formula is C32H40O13. The quantitative estimate of drug-likeness (QED) is 0.0946. The number of hydrogen-bond donors (Lipinski definition) is 8. The van der Waals surface area contributed by atoms with Crippen LogP contribution in [0.3, 0.4) is 0 Å². The van der Waals surface area contributed by atoms with Crippen molar-refractivity contribution >= 4 is 16.8 Å². The molecule has 1 aromatic heterocycles. The lowest BCUT2D eigenvalue weighted by molar-refractivity contribution is -0.277. The van der Waals surface area contributed by atoms with Crippen molar-refractivity contribution < 1.29 is 59.5 Å². The molecule has 0 amide bonds. The van der Waals surface area contributed by atoms with Crippen LogP contribution in [-0.4, -0.2) is 83.9 Å². The topological polar surface area (TPSA) is 228 Å². The predicted molar refractivity (Wildman–Crippen MR) is 160 cm³/mol. The van der Waals surface area contributed by atoms with Gasteiger partial charge in [0, 0.05) is 30.5 Å². The Morgan fingerprint density at radius 1 is 0.844 bits per heavy atom. The first kappa shape index (κ1) is 34.0. The molecule has 2 aromatic carbocycles. The molecule has 0 bridgehead atoms. The zero-order chi connectivity index (χ0) is 32.8. The van der Waals surface area contributed by atoms with Crippen molar-refractivity contribution in [2.24, 2.45) is 0 Å². The molecule has 8 N–H and O–H groups in total. The molecule has 0 aliphatic carbocycles. The van der Waals surface area contributed by atoms with Gasteiger partial charge in [-0.3, -0.25) is 9.59 Å². The van der Waals surface area contributed by atoms with Gasteiger partial charge in [0.25, 0.3) is 0 Å². The summed E-state index contributed by atoms with van der Waals surface area (Å²) in [5.41, 5.74) is -1.25. The molecule has 13 nitrogen and oxygen atoms in total. The number of rotatable bonds is 14. The summed E-state index contributed by atoms with van der Waals surface area (Å²) in [7, 11) is 0. The number of phenolic OH excluding ortho intramolecular Hbond substituents is 4. The SMILES string of the molecule is CCCCCCCCCC(=O)Cc1cc(O)c(O)cc1-c1oc2cc(O)cc(O)c2c(=O)c1O[C@@H]1O[C@@H](CO)[C@H](O)[C@@H](O)[C@@H]1O. The number of hydrogen-bond acceptors (Lipinski definition) is 13. The molecule has 246 valence electrons. The number of aliphatic hydroxyl groups excluding tert-OH is 4. The van der Waals surface area contributed by atoms with Crippen molar-refractivity contribution in [3.63, 3.8) is 0 Å². The minimum absolute atomic E-state index is 0.0698. The fraction of sp³-hybridized carbons (Fsp3) is 0.500. The summed E-state index contributed by atoms with van der Waals surface area (Å²) in [4.78, 5) is 26.8. The number of aliphatic hydroxyl groups is 4. The summed E-state index contributed by atoms with van der Waals surface area (Å²) in [5, 5.41) is 81.4. The number of aromatic hydroxyl groups is 4. The van der Waals surface area contributed by atoms with Crippen LogP contribution in [0.1, 0.15) is 63.9 Å². The number of ether oxygens (including phenoxy) is 2. The summed E-state index contributed by atoms with van der Waals surface area (Å²) < 4.78 is 17.0. The normalized spacial score (nSPS) is 21.7. The number of phenols is 4. The molecule has 1 fully saturated rings. The number of carbonyl (C=O) groups is 1. The first-order valence-corrected chi connectivity index (χ1v) is 15.0. The smallest absolute Gasteiger partial charge is 0.239 e. The van der Waals surface area contributed by atoms with Crippen LogP contribution >= 0.6 is 0 Å². The third-order valence-electron chi connectivity index (χ3n) is 7.89. The van der Waals surface area contributed by atoms with Gasteiger partial charge < -0.3 is 54.7 Å². The number of fused-ring (bicyclic) bond motifs is 1. The van der Waals surface area contributed by atoms with Gasteiger partial charge in [-0.1, -0.05) is 45.4 Å². The first-order chi connectivity index (χ1) is 21.5. The van der Waals surface area contributed by atoms with E-state index in [1.54, 1.807) is 0 Å². The maximum atomic E-state index is 13.8. The van der Waals surface area contributed by atoms with Gasteiger partial charge in [-0.2, -0.15) is 0 Å². The van der Waals surface area contributed by atoms with E-state index in [1.165, 1.54) is 0 Å². The predicted octanol–water partition coefficient (Wildman–Crippen LogP) is 2.71. The van der Waals surface area contributed by atoms with E-state index in [-0.39, 0.29) is 35.3 Å². The van der Waals surface area contributed by atoms with Gasteiger partial charge in [0.1, 0.15) is 52.7 Å². The zero-order valence-electron chi connectivity index (χ0n) is 24.9. The minimum atomic E-state index is -1.92. The average Bonchev–Trinajstić information content (AvgIpc) is 2.99. The zero-order valence-corrected chi connectivity index (χ0v) is 24.9. The number of unbranched alkanes of at least 4 members (excludes halogenated alkanes) is 6. The van der Waals surface area contributed by atoms with Crippen LogP contribution in [0.2, 0.25) is 0 Å². The monoisotopic (exact) mass is 632 g/mol. The van der Waals surface area contributed by atoms with Crippen LogP contribution in [0.4, 0.5) is 0 Å². The Bertz CT molecular complexity index is 1550. The summed E-state index contributed by atoms with van der Waals surface area (Å²) >= 11 is 0. The van der Waals surface area contributed by atoms with E-state index < -0.39 is 82.6 Å². The number of ketones is 1. The van der Waals surface area contributed by atoms with E-state index in [9.17, 15) is 50.4 Å². The second kappa shape index (κ2) is 14.9. The van der Waals surface area contributed by atoms with Gasteiger partial charge in [-0.05, 0) is 24.1 Å². The van der Waals surface area contributed by atoms with Gasteiger partial charge in [-0.25, -0.2) is 0 Å². The fourth-order valence-corrected chi connectivity index (χ4v) is 5.39. The number of carbonyl (C=O) groups excluding carboxylic acids is 1. The molecule has 0 radical (unpaired) electrons. The van der Waals surface area contributed by atoms with Crippen LogP contribution in [0, 0.1) is 0 Å². The molecule has 5 atom stereocenters. The molecule has 0 spiro atoms. The van der Waals surface area contributed by atoms with Gasteiger partial charge in [0.05, 0.1) is 6.61 Å². The van der Waals surface area contributed by atoms with Crippen LogP contribution in [0.25, 0.3) is 22.3 Å². The van der Waals surface area contributed by atoms with Gasteiger partial charge in [0.15, 0.2) is 17.3 Å². The average molecular weight is 633 g/mol. The minimum Gasteiger partial charge on any atom is -0.508 e. The molecule has 0 unspecified atom stereocenters. The highest BCUT2D eigenvalue weighted by molar-refractivity contribution is 5.90. The molecule has 0 saturated carbocycles. The highest BCUT2D eigenvalue weighted by Gasteiger charge is 2.45. The lowest BCUT2D eigenvalue weighted by atomic mass is 9.96. The number of benzene rings is 2. The van der Waals surface area contributed by atoms with Crippen molar-refractivity contribution in [1.82, 2.24) is 0 Å². The van der Waals surface area contributed by atoms with Gasteiger partial charge in [0.2, 0.25) is 17.5 Å². The molecule has 1 aliphatic heterocycles. The summed E-state index contributed by atoms with van der Waals surface area (Å²) in [6.07, 6.45) is -1.65. The molecule has 3 aromatic rings. The molecule has 2 heterocycles. The molecule has 1 aliphatic rings. The maximum absolute atomic E-state index is 13.8. The summed E-state index contributed by atoms with van der Waals surface area (Å²) in [5.74, 6) is -3.62. The summed E-state index contributed by atoms with van der Waals surface area (Å²) in [6.45, 7) is 1.36. The van der Waals surface area contributed by atoms with E-state index in [1.807, 2.05) is 0 Å². The molecule has 1 saturated heterocycles. The largest absolute Gasteiger partial charge is 0.508 e. The maximum Gasteiger partial charge on any atom is 0.239 e. The summed E-state index contributed by atoms with van der Waals surface area (Å²) in [6, 6.07) is 4.10. The van der Waals surface area contributed by atoms with Crippen LogP contribution < -0.4 is 10.2 Å². The van der Waals surface area contributed by atoms with Crippen LogP contribution in [0.5, 0.6) is 28.7 Å². The van der Waals surface area contributed by atoms with E-state index in [0.29, 0.717) is 6.42 Å². The van der Waals surface area contributed by atoms with E-state index >= 15 is 0 Å². The Labute approximate surface area is 258 Å². The van der Waals surface area contributed by atoms with E-state index in [4.69, 9.17) is 13.9 Å². The van der Waals surface area contributed by atoms with Crippen molar-refractivity contribution in [1.29, 1.82) is 0 Å². The highest BCUT2D eigenvalue weighted by atomic mass is 16.7. The van der Waals surface area contributed by atoms with Crippen molar-refractivity contribution in [3.05, 3.63) is 40.1 Å². The Morgan fingerprint density at radius 3 is 2.20 bits per heavy atom. The second-order valence-corrected chi connectivity index (χ2v) is 11.3. The molecule has 13 heteroatoms. The van der Waals surface area contributed by atoms with Crippen molar-refractivity contribution in [2.75, 3.05) is 6.61 Å². The molecule has 45 heavy (non-hydrogen) atoms. The van der Waals surface area contributed by atoms with Crippen molar-refractivity contribution in [3.8, 4) is 40.1 Å². The van der Waals surface area contributed by atoms with E-state index in [2.05, 4.69) is 6.92 Å². The lowest BCUT2D eigenvalue weighted by Crippen LogP contribution is -2.60. The highest BCUT2D eigenvalue weighted by Crippen LogP contribution is 2.41. The van der Waals surface area contributed by atoms with Crippen molar-refractivity contribution in [2.45, 2.75) is 95.4 Å². The molecule has 4 rings (SSSR count). The Kier molecular flexibility index (Phi) is 11.3.